The van der Waals surface area contributed by atoms with Gasteiger partial charge in [-0.05, 0) is 67.1 Å². The molecule has 0 saturated carbocycles. The minimum atomic E-state index is -0.282. The van der Waals surface area contributed by atoms with Gasteiger partial charge in [0.05, 0.1) is 10.6 Å². The summed E-state index contributed by atoms with van der Waals surface area (Å²) in [5.74, 6) is -0.0665. The number of amides is 1. The van der Waals surface area contributed by atoms with Gasteiger partial charge < -0.3 is 4.42 Å². The summed E-state index contributed by atoms with van der Waals surface area (Å²) in [6, 6.07) is 10.8. The Morgan fingerprint density at radius 3 is 2.62 bits per heavy atom. The molecule has 0 aliphatic heterocycles. The van der Waals surface area contributed by atoms with Crippen molar-refractivity contribution >= 4 is 35.1 Å². The monoisotopic (exact) mass is 387 g/mol. The van der Waals surface area contributed by atoms with E-state index in [2.05, 4.69) is 15.5 Å². The summed E-state index contributed by atoms with van der Waals surface area (Å²) >= 11 is 12.0. The van der Waals surface area contributed by atoms with Gasteiger partial charge in [-0.2, -0.15) is 0 Å². The Bertz CT molecular complexity index is 985. The summed E-state index contributed by atoms with van der Waals surface area (Å²) in [7, 11) is 0. The number of benzene rings is 2. The molecule has 1 aliphatic carbocycles. The molecule has 1 aliphatic rings. The number of aromatic nitrogens is 2. The van der Waals surface area contributed by atoms with Crippen molar-refractivity contribution in [2.45, 2.75) is 25.7 Å². The number of hydrogen-bond donors (Lipinski definition) is 1. The molecule has 0 radical (unpaired) electrons. The maximum absolute atomic E-state index is 12.5. The van der Waals surface area contributed by atoms with Gasteiger partial charge in [-0.1, -0.05) is 34.4 Å². The molecule has 7 heteroatoms. The first-order chi connectivity index (χ1) is 12.6. The van der Waals surface area contributed by atoms with Crippen LogP contribution in [0, 0.1) is 0 Å². The molecule has 0 spiro atoms. The summed E-state index contributed by atoms with van der Waals surface area (Å²) < 4.78 is 5.51. The topological polar surface area (TPSA) is 68.0 Å². The zero-order valence-corrected chi connectivity index (χ0v) is 15.3. The molecule has 0 saturated heterocycles. The highest BCUT2D eigenvalue weighted by Crippen LogP contribution is 2.30. The van der Waals surface area contributed by atoms with Crippen molar-refractivity contribution < 1.29 is 9.21 Å². The van der Waals surface area contributed by atoms with Crippen LogP contribution in [0.3, 0.4) is 0 Å². The third-order valence-corrected chi connectivity index (χ3v) is 4.97. The third kappa shape index (κ3) is 3.45. The Kier molecular flexibility index (Phi) is 4.66. The van der Waals surface area contributed by atoms with E-state index in [9.17, 15) is 4.79 Å². The van der Waals surface area contributed by atoms with E-state index >= 15 is 0 Å². The highest BCUT2D eigenvalue weighted by molar-refractivity contribution is 6.36. The molecule has 1 heterocycles. The quantitative estimate of drug-likeness (QED) is 0.672. The van der Waals surface area contributed by atoms with Gasteiger partial charge in [0, 0.05) is 10.6 Å². The molecule has 0 fully saturated rings. The Morgan fingerprint density at radius 2 is 1.81 bits per heavy atom. The molecule has 4 rings (SSSR count). The fourth-order valence-corrected chi connectivity index (χ4v) is 3.58. The summed E-state index contributed by atoms with van der Waals surface area (Å²) in [5, 5.41) is 11.4. The second kappa shape index (κ2) is 7.09. The average molecular weight is 388 g/mol. The number of halogens is 2. The Labute approximate surface area is 160 Å². The van der Waals surface area contributed by atoms with E-state index in [1.165, 1.54) is 17.5 Å². The van der Waals surface area contributed by atoms with Crippen LogP contribution in [0.4, 0.5) is 6.01 Å². The van der Waals surface area contributed by atoms with Gasteiger partial charge in [0.2, 0.25) is 0 Å². The molecule has 0 atom stereocenters. The Morgan fingerprint density at radius 1 is 1.00 bits per heavy atom. The first kappa shape index (κ1) is 17.1. The maximum Gasteiger partial charge on any atom is 0.322 e. The van der Waals surface area contributed by atoms with Crippen molar-refractivity contribution in [1.82, 2.24) is 10.2 Å². The number of carbonyl (C=O) groups is 1. The molecule has 1 N–H and O–H groups in total. The molecule has 5 nitrogen and oxygen atoms in total. The summed E-state index contributed by atoms with van der Waals surface area (Å²) in [6.45, 7) is 0. The van der Waals surface area contributed by atoms with Gasteiger partial charge in [0.1, 0.15) is 0 Å². The number of carbonyl (C=O) groups excluding carboxylic acids is 1. The van der Waals surface area contributed by atoms with E-state index in [-0.39, 0.29) is 17.8 Å². The van der Waals surface area contributed by atoms with Crippen LogP contribution in [0.2, 0.25) is 10.0 Å². The molecular formula is C19H15Cl2N3O2. The van der Waals surface area contributed by atoms with Crippen molar-refractivity contribution in [1.29, 1.82) is 0 Å². The van der Waals surface area contributed by atoms with E-state index in [0.29, 0.717) is 21.2 Å². The number of aryl methyl sites for hydroxylation is 2. The average Bonchev–Trinajstić information content (AvgIpc) is 3.09. The zero-order chi connectivity index (χ0) is 18.1. The second-order valence-corrected chi connectivity index (χ2v) is 7.02. The van der Waals surface area contributed by atoms with Gasteiger partial charge in [-0.25, -0.2) is 0 Å². The minimum absolute atomic E-state index is 0.0220. The molecule has 1 aromatic heterocycles. The number of nitrogens with zero attached hydrogens (tertiary/aromatic N) is 2. The van der Waals surface area contributed by atoms with Crippen molar-refractivity contribution in [2.24, 2.45) is 0 Å². The molecule has 3 aromatic rings. The zero-order valence-electron chi connectivity index (χ0n) is 13.8. The predicted molar refractivity (Wildman–Crippen MR) is 101 cm³/mol. The van der Waals surface area contributed by atoms with Gasteiger partial charge >= 0.3 is 6.01 Å². The number of anilines is 1. The van der Waals surface area contributed by atoms with Crippen molar-refractivity contribution in [3.63, 3.8) is 0 Å². The van der Waals surface area contributed by atoms with Crippen LogP contribution in [0.5, 0.6) is 0 Å². The summed E-state index contributed by atoms with van der Waals surface area (Å²) in [6.07, 6.45) is 4.45. The second-order valence-electron chi connectivity index (χ2n) is 6.18. The Hall–Kier alpha value is -2.37. The van der Waals surface area contributed by atoms with Crippen LogP contribution in [0.25, 0.3) is 11.5 Å². The lowest BCUT2D eigenvalue weighted by Gasteiger charge is -2.16. The SMILES string of the molecule is O=C(Nc1nnc(-c2ccc(Cl)cc2Cl)o1)c1ccc2c(c1)CCCC2. The molecule has 26 heavy (non-hydrogen) atoms. The normalized spacial score (nSPS) is 13.3. The smallest absolute Gasteiger partial charge is 0.322 e. The molecule has 1 amide bonds. The number of rotatable bonds is 3. The fourth-order valence-electron chi connectivity index (χ4n) is 3.09. The van der Waals surface area contributed by atoms with E-state index in [0.717, 1.165) is 19.3 Å². The number of fused-ring (bicyclic) bond motifs is 1. The van der Waals surface area contributed by atoms with Crippen molar-refractivity contribution in [3.8, 4) is 11.5 Å². The third-order valence-electron chi connectivity index (χ3n) is 4.42. The Balaban J connectivity index is 1.53. The van der Waals surface area contributed by atoms with Crippen LogP contribution in [0.1, 0.15) is 34.3 Å². The lowest BCUT2D eigenvalue weighted by Crippen LogP contribution is -2.13. The molecular weight excluding hydrogens is 373 g/mol. The van der Waals surface area contributed by atoms with Crippen LogP contribution in [-0.2, 0) is 12.8 Å². The molecule has 132 valence electrons. The summed E-state index contributed by atoms with van der Waals surface area (Å²) in [5.41, 5.74) is 3.70. The fraction of sp³-hybridized carbons (Fsp3) is 0.211. The molecule has 0 bridgehead atoms. The van der Waals surface area contributed by atoms with E-state index in [1.807, 2.05) is 18.2 Å². The van der Waals surface area contributed by atoms with E-state index in [1.54, 1.807) is 18.2 Å². The van der Waals surface area contributed by atoms with E-state index < -0.39 is 0 Å². The maximum atomic E-state index is 12.5. The first-order valence-electron chi connectivity index (χ1n) is 8.32. The van der Waals surface area contributed by atoms with Crippen molar-refractivity contribution in [3.05, 3.63) is 63.1 Å². The first-order valence-corrected chi connectivity index (χ1v) is 9.08. The lowest BCUT2D eigenvalue weighted by molar-refractivity contribution is 0.102. The molecule has 0 unspecified atom stereocenters. The highest BCUT2D eigenvalue weighted by Gasteiger charge is 2.17. The highest BCUT2D eigenvalue weighted by atomic mass is 35.5. The van der Waals surface area contributed by atoms with Gasteiger partial charge in [0.15, 0.2) is 0 Å². The van der Waals surface area contributed by atoms with Crippen molar-refractivity contribution in [2.75, 3.05) is 5.32 Å². The summed E-state index contributed by atoms with van der Waals surface area (Å²) in [4.78, 5) is 12.5. The number of nitrogens with one attached hydrogen (secondary N) is 1. The van der Waals surface area contributed by atoms with Crippen LogP contribution >= 0.6 is 23.2 Å². The van der Waals surface area contributed by atoms with Gasteiger partial charge in [-0.3, -0.25) is 10.1 Å². The van der Waals surface area contributed by atoms with E-state index in [4.69, 9.17) is 27.6 Å². The largest absolute Gasteiger partial charge is 0.403 e. The minimum Gasteiger partial charge on any atom is -0.403 e. The van der Waals surface area contributed by atoms with Crippen LogP contribution in [0.15, 0.2) is 40.8 Å². The number of hydrogen-bond acceptors (Lipinski definition) is 4. The van der Waals surface area contributed by atoms with Gasteiger partial charge in [-0.15, -0.1) is 5.10 Å². The van der Waals surface area contributed by atoms with Gasteiger partial charge in [0.25, 0.3) is 11.8 Å². The molecule has 2 aromatic carbocycles. The lowest BCUT2D eigenvalue weighted by atomic mass is 9.90. The predicted octanol–water partition coefficient (Wildman–Crippen LogP) is 5.17. The standard InChI is InChI=1S/C19H15Cl2N3O2/c20-14-7-8-15(16(21)10-14)18-23-24-19(26-18)22-17(25)13-6-5-11-3-1-2-4-12(11)9-13/h5-10H,1-4H2,(H,22,24,25). The van der Waals surface area contributed by atoms with Crippen LogP contribution < -0.4 is 5.32 Å². The van der Waals surface area contributed by atoms with Crippen LogP contribution in [-0.4, -0.2) is 16.1 Å².